The first-order valence-corrected chi connectivity index (χ1v) is 11.5. The molecule has 0 fully saturated rings. The molecule has 0 saturated heterocycles. The highest BCUT2D eigenvalue weighted by molar-refractivity contribution is 6.60. The van der Waals surface area contributed by atoms with Gasteiger partial charge < -0.3 is 22.8 Å². The summed E-state index contributed by atoms with van der Waals surface area (Å²) in [5.74, 6) is -0.774. The van der Waals surface area contributed by atoms with E-state index in [9.17, 15) is 9.18 Å². The van der Waals surface area contributed by atoms with Gasteiger partial charge >= 0.3 is 14.8 Å². The minimum absolute atomic E-state index is 0.148. The molecular formula is C20H31FO6Si. The Bertz CT molecular complexity index is 606. The largest absolute Gasteiger partial charge is 0.500 e. The van der Waals surface area contributed by atoms with Crippen molar-refractivity contribution in [1.29, 1.82) is 0 Å². The third kappa shape index (κ3) is 8.51. The van der Waals surface area contributed by atoms with Crippen LogP contribution in [0.15, 0.2) is 24.3 Å². The number of hydrogen-bond acceptors (Lipinski definition) is 6. The molecule has 0 aliphatic rings. The fraction of sp³-hybridized carbons (Fsp3) is 0.550. The number of halogens is 1. The number of methoxy groups -OCH3 is 1. The molecule has 0 aliphatic carbocycles. The summed E-state index contributed by atoms with van der Waals surface area (Å²) < 4.78 is 41.5. The SMILES string of the molecule is CCO[Si](CCCCOc1cc(/C=C/C(=O)OC)ccc1F)(OCC)OCC. The second-order valence-corrected chi connectivity index (χ2v) is 8.57. The lowest BCUT2D eigenvalue weighted by Crippen LogP contribution is -2.45. The van der Waals surface area contributed by atoms with Crippen LogP contribution in [0.2, 0.25) is 6.04 Å². The lowest BCUT2D eigenvalue weighted by atomic mass is 10.2. The number of benzene rings is 1. The number of hydrogen-bond donors (Lipinski definition) is 0. The van der Waals surface area contributed by atoms with Crippen molar-refractivity contribution in [2.45, 2.75) is 39.7 Å². The summed E-state index contributed by atoms with van der Waals surface area (Å²) >= 11 is 0. The summed E-state index contributed by atoms with van der Waals surface area (Å²) in [6.07, 6.45) is 4.32. The lowest BCUT2D eigenvalue weighted by Gasteiger charge is -2.28. The zero-order chi connectivity index (χ0) is 20.8. The van der Waals surface area contributed by atoms with Gasteiger partial charge in [-0.1, -0.05) is 6.07 Å². The van der Waals surface area contributed by atoms with Gasteiger partial charge in [0.05, 0.1) is 13.7 Å². The molecule has 0 saturated carbocycles. The molecule has 0 amide bonds. The number of carbonyl (C=O) groups excluding carboxylic acids is 1. The Morgan fingerprint density at radius 2 is 1.71 bits per heavy atom. The van der Waals surface area contributed by atoms with E-state index in [0.717, 1.165) is 6.42 Å². The molecule has 28 heavy (non-hydrogen) atoms. The molecule has 0 bridgehead atoms. The second-order valence-electron chi connectivity index (χ2n) is 5.83. The van der Waals surface area contributed by atoms with Gasteiger partial charge in [0.2, 0.25) is 0 Å². The van der Waals surface area contributed by atoms with E-state index >= 15 is 0 Å². The van der Waals surface area contributed by atoms with E-state index < -0.39 is 20.6 Å². The Morgan fingerprint density at radius 1 is 1.07 bits per heavy atom. The van der Waals surface area contributed by atoms with Crippen LogP contribution in [0, 0.1) is 5.82 Å². The van der Waals surface area contributed by atoms with Crippen molar-refractivity contribution in [3.8, 4) is 5.75 Å². The normalized spacial score (nSPS) is 11.8. The summed E-state index contributed by atoms with van der Waals surface area (Å²) in [6, 6.07) is 5.11. The molecule has 0 heterocycles. The highest BCUT2D eigenvalue weighted by Crippen LogP contribution is 2.22. The summed E-state index contributed by atoms with van der Waals surface area (Å²) in [4.78, 5) is 11.2. The minimum Gasteiger partial charge on any atom is -0.490 e. The zero-order valence-corrected chi connectivity index (χ0v) is 18.2. The van der Waals surface area contributed by atoms with Crippen LogP contribution in [0.1, 0.15) is 39.2 Å². The third-order valence-electron chi connectivity index (χ3n) is 3.80. The van der Waals surface area contributed by atoms with E-state index in [1.165, 1.54) is 19.3 Å². The van der Waals surface area contributed by atoms with Crippen molar-refractivity contribution < 1.29 is 31.9 Å². The van der Waals surface area contributed by atoms with Crippen LogP contribution in [0.5, 0.6) is 5.75 Å². The summed E-state index contributed by atoms with van der Waals surface area (Å²) in [6.45, 7) is 7.75. The van der Waals surface area contributed by atoms with Crippen LogP contribution < -0.4 is 4.74 Å². The van der Waals surface area contributed by atoms with Gasteiger partial charge in [-0.25, -0.2) is 9.18 Å². The Labute approximate surface area is 167 Å². The van der Waals surface area contributed by atoms with Crippen LogP contribution in [0.3, 0.4) is 0 Å². The van der Waals surface area contributed by atoms with E-state index in [4.69, 9.17) is 18.0 Å². The van der Waals surface area contributed by atoms with Crippen LogP contribution in [0.25, 0.3) is 6.08 Å². The number of carbonyl (C=O) groups is 1. The molecular weight excluding hydrogens is 383 g/mol. The van der Waals surface area contributed by atoms with Gasteiger partial charge in [-0.05, 0) is 57.4 Å². The molecule has 6 nitrogen and oxygen atoms in total. The number of esters is 1. The Balaban J connectivity index is 2.56. The van der Waals surface area contributed by atoms with Crippen LogP contribution in [-0.2, 0) is 22.8 Å². The van der Waals surface area contributed by atoms with Crippen molar-refractivity contribution in [2.24, 2.45) is 0 Å². The summed E-state index contributed by atoms with van der Waals surface area (Å²) in [5, 5.41) is 0. The van der Waals surface area contributed by atoms with Gasteiger partial charge in [0.1, 0.15) is 0 Å². The van der Waals surface area contributed by atoms with Gasteiger partial charge in [-0.2, -0.15) is 0 Å². The number of rotatable bonds is 14. The molecule has 1 aromatic carbocycles. The molecule has 1 aromatic rings. The number of unbranched alkanes of at least 4 members (excludes halogenated alkanes) is 1. The molecule has 8 heteroatoms. The maximum absolute atomic E-state index is 13.9. The van der Waals surface area contributed by atoms with Crippen molar-refractivity contribution in [2.75, 3.05) is 33.5 Å². The minimum atomic E-state index is -2.65. The molecule has 0 aromatic heterocycles. The fourth-order valence-electron chi connectivity index (χ4n) is 2.59. The van der Waals surface area contributed by atoms with Gasteiger partial charge in [0, 0.05) is 31.9 Å². The highest BCUT2D eigenvalue weighted by Gasteiger charge is 2.39. The fourth-order valence-corrected chi connectivity index (χ4v) is 5.28. The van der Waals surface area contributed by atoms with E-state index in [1.54, 1.807) is 18.2 Å². The molecule has 1 rings (SSSR count). The second kappa shape index (κ2) is 13.4. The molecule has 0 aliphatic heterocycles. The van der Waals surface area contributed by atoms with Crippen molar-refractivity contribution in [3.05, 3.63) is 35.7 Å². The van der Waals surface area contributed by atoms with Crippen LogP contribution in [-0.4, -0.2) is 48.3 Å². The molecule has 158 valence electrons. The predicted molar refractivity (Wildman–Crippen MR) is 108 cm³/mol. The molecule has 0 spiro atoms. The topological polar surface area (TPSA) is 63.2 Å². The average molecular weight is 415 g/mol. The third-order valence-corrected chi connectivity index (χ3v) is 6.95. The van der Waals surface area contributed by atoms with Gasteiger partial charge in [-0.3, -0.25) is 0 Å². The molecule has 0 radical (unpaired) electrons. The van der Waals surface area contributed by atoms with Crippen molar-refractivity contribution >= 4 is 20.8 Å². The molecule has 0 atom stereocenters. The van der Waals surface area contributed by atoms with E-state index in [-0.39, 0.29) is 5.75 Å². The summed E-state index contributed by atoms with van der Waals surface area (Å²) in [7, 11) is -1.35. The van der Waals surface area contributed by atoms with Crippen LogP contribution >= 0.6 is 0 Å². The number of ether oxygens (including phenoxy) is 2. The standard InChI is InChI=1S/C20H31FO6Si/c1-5-25-28(26-6-2,27-7-3)15-9-8-14-24-19-16-17(10-12-18(19)21)11-13-20(22)23-4/h10-13,16H,5-9,14-15H2,1-4H3/b13-11+. The Morgan fingerprint density at radius 3 is 2.29 bits per heavy atom. The quantitative estimate of drug-likeness (QED) is 0.197. The van der Waals surface area contributed by atoms with Gasteiger partial charge in [0.25, 0.3) is 0 Å². The van der Waals surface area contributed by atoms with Crippen molar-refractivity contribution in [1.82, 2.24) is 0 Å². The molecule has 0 N–H and O–H groups in total. The monoisotopic (exact) mass is 414 g/mol. The Kier molecular flexibility index (Phi) is 11.7. The van der Waals surface area contributed by atoms with Crippen LogP contribution in [0.4, 0.5) is 4.39 Å². The van der Waals surface area contributed by atoms with Crippen molar-refractivity contribution in [3.63, 3.8) is 0 Å². The van der Waals surface area contributed by atoms with E-state index in [0.29, 0.717) is 44.5 Å². The highest BCUT2D eigenvalue weighted by atomic mass is 28.4. The predicted octanol–water partition coefficient (Wildman–Crippen LogP) is 4.22. The average Bonchev–Trinajstić information content (AvgIpc) is 2.68. The maximum atomic E-state index is 13.9. The Hall–Kier alpha value is -1.74. The summed E-state index contributed by atoms with van der Waals surface area (Å²) in [5.41, 5.74) is 0.650. The first-order valence-electron chi connectivity index (χ1n) is 9.60. The zero-order valence-electron chi connectivity index (χ0n) is 17.2. The maximum Gasteiger partial charge on any atom is 0.500 e. The molecule has 0 unspecified atom stereocenters. The lowest BCUT2D eigenvalue weighted by molar-refractivity contribution is -0.134. The van der Waals surface area contributed by atoms with E-state index in [2.05, 4.69) is 4.74 Å². The first kappa shape index (κ1) is 24.3. The van der Waals surface area contributed by atoms with Gasteiger partial charge in [0.15, 0.2) is 11.6 Å². The first-order chi connectivity index (χ1) is 13.5. The smallest absolute Gasteiger partial charge is 0.490 e. The van der Waals surface area contributed by atoms with E-state index in [1.807, 2.05) is 20.8 Å². The van der Waals surface area contributed by atoms with Gasteiger partial charge in [-0.15, -0.1) is 0 Å².